The molecule has 0 bridgehead atoms. The summed E-state index contributed by atoms with van der Waals surface area (Å²) in [5, 5.41) is 3.37. The van der Waals surface area contributed by atoms with Crippen molar-refractivity contribution in [3.8, 4) is 0 Å². The van der Waals surface area contributed by atoms with Gasteiger partial charge in [0.1, 0.15) is 0 Å². The van der Waals surface area contributed by atoms with E-state index < -0.39 is 0 Å². The van der Waals surface area contributed by atoms with Crippen LogP contribution in [-0.2, 0) is 4.79 Å². The zero-order chi connectivity index (χ0) is 19.2. The van der Waals surface area contributed by atoms with Gasteiger partial charge >= 0.3 is 0 Å². The quantitative estimate of drug-likeness (QED) is 0.381. The van der Waals surface area contributed by atoms with Crippen molar-refractivity contribution in [3.63, 3.8) is 0 Å². The van der Waals surface area contributed by atoms with E-state index in [0.29, 0.717) is 27.5 Å². The van der Waals surface area contributed by atoms with E-state index in [4.69, 9.17) is 17.3 Å². The molecule has 3 aromatic carbocycles. The molecule has 0 fully saturated rings. The van der Waals surface area contributed by atoms with Crippen molar-refractivity contribution < 1.29 is 9.59 Å². The van der Waals surface area contributed by atoms with Crippen LogP contribution in [0.3, 0.4) is 0 Å². The van der Waals surface area contributed by atoms with Gasteiger partial charge in [-0.3, -0.25) is 9.59 Å². The Morgan fingerprint density at radius 1 is 0.926 bits per heavy atom. The molecular formula is C22H17ClN2O2. The lowest BCUT2D eigenvalue weighted by Gasteiger charge is -2.10. The third kappa shape index (κ3) is 4.84. The number of anilines is 2. The van der Waals surface area contributed by atoms with Gasteiger partial charge in [0.15, 0.2) is 5.78 Å². The predicted octanol–water partition coefficient (Wildman–Crippen LogP) is 4.81. The van der Waals surface area contributed by atoms with Crippen molar-refractivity contribution in [3.05, 3.63) is 101 Å². The Bertz CT molecular complexity index is 997. The first-order chi connectivity index (χ1) is 13.0. The number of ketones is 1. The largest absolute Gasteiger partial charge is 0.399 e. The molecule has 0 saturated heterocycles. The van der Waals surface area contributed by atoms with Crippen LogP contribution in [0, 0.1) is 0 Å². The Kier molecular flexibility index (Phi) is 5.69. The number of nitrogens with two attached hydrogens (primary N) is 1. The van der Waals surface area contributed by atoms with E-state index in [9.17, 15) is 9.59 Å². The fraction of sp³-hybridized carbons (Fsp3) is 0. The molecule has 3 aromatic rings. The highest BCUT2D eigenvalue weighted by atomic mass is 35.5. The molecule has 0 heterocycles. The average Bonchev–Trinajstić information content (AvgIpc) is 2.69. The molecule has 0 atom stereocenters. The summed E-state index contributed by atoms with van der Waals surface area (Å²) in [6, 6.07) is 20.8. The van der Waals surface area contributed by atoms with Crippen molar-refractivity contribution in [2.75, 3.05) is 11.1 Å². The third-order valence-corrected chi connectivity index (χ3v) is 4.13. The van der Waals surface area contributed by atoms with Crippen LogP contribution in [0.25, 0.3) is 6.08 Å². The molecule has 0 aliphatic rings. The molecule has 0 aliphatic carbocycles. The molecule has 0 aromatic heterocycles. The van der Waals surface area contributed by atoms with Gasteiger partial charge in [-0.05, 0) is 42.0 Å². The van der Waals surface area contributed by atoms with Gasteiger partial charge in [0.25, 0.3) is 0 Å². The Labute approximate surface area is 162 Å². The first kappa shape index (κ1) is 18.4. The lowest BCUT2D eigenvalue weighted by Crippen LogP contribution is -2.13. The van der Waals surface area contributed by atoms with Crippen molar-refractivity contribution in [1.29, 1.82) is 0 Å². The zero-order valence-electron chi connectivity index (χ0n) is 14.4. The molecule has 4 nitrogen and oxygen atoms in total. The number of rotatable bonds is 5. The van der Waals surface area contributed by atoms with E-state index in [1.54, 1.807) is 72.8 Å². The summed E-state index contributed by atoms with van der Waals surface area (Å²) < 4.78 is 0. The number of halogens is 1. The Hall–Kier alpha value is -3.37. The second-order valence-electron chi connectivity index (χ2n) is 5.87. The van der Waals surface area contributed by atoms with Crippen LogP contribution in [0.1, 0.15) is 21.5 Å². The van der Waals surface area contributed by atoms with Gasteiger partial charge in [-0.25, -0.2) is 0 Å². The van der Waals surface area contributed by atoms with Crippen molar-refractivity contribution in [2.24, 2.45) is 0 Å². The van der Waals surface area contributed by atoms with Crippen LogP contribution < -0.4 is 11.1 Å². The van der Waals surface area contributed by atoms with Gasteiger partial charge in [-0.15, -0.1) is 0 Å². The first-order valence-corrected chi connectivity index (χ1v) is 8.64. The van der Waals surface area contributed by atoms with E-state index >= 15 is 0 Å². The van der Waals surface area contributed by atoms with E-state index in [2.05, 4.69) is 5.32 Å². The molecule has 0 unspecified atom stereocenters. The second-order valence-corrected chi connectivity index (χ2v) is 6.31. The van der Waals surface area contributed by atoms with Crippen LogP contribution in [0.2, 0.25) is 5.02 Å². The van der Waals surface area contributed by atoms with Crippen molar-refractivity contribution in [1.82, 2.24) is 0 Å². The summed E-state index contributed by atoms with van der Waals surface area (Å²) in [5.41, 5.74) is 8.39. The fourth-order valence-electron chi connectivity index (χ4n) is 2.52. The highest BCUT2D eigenvalue weighted by Crippen LogP contribution is 2.22. The summed E-state index contributed by atoms with van der Waals surface area (Å²) in [6.07, 6.45) is 3.07. The number of carbonyl (C=O) groups excluding carboxylic acids is 2. The Morgan fingerprint density at radius 2 is 1.63 bits per heavy atom. The summed E-state index contributed by atoms with van der Waals surface area (Å²) in [6.45, 7) is 0. The fourth-order valence-corrected chi connectivity index (χ4v) is 2.65. The summed E-state index contributed by atoms with van der Waals surface area (Å²) >= 11 is 5.85. The summed E-state index contributed by atoms with van der Waals surface area (Å²) in [5.74, 6) is -0.559. The third-order valence-electron chi connectivity index (χ3n) is 3.88. The minimum absolute atomic E-state index is 0.208. The molecule has 0 radical (unpaired) electrons. The zero-order valence-corrected chi connectivity index (χ0v) is 15.1. The lowest BCUT2D eigenvalue weighted by molar-refractivity contribution is -0.111. The number of hydrogen-bond donors (Lipinski definition) is 2. The van der Waals surface area contributed by atoms with E-state index in [1.165, 1.54) is 6.08 Å². The molecule has 134 valence electrons. The predicted molar refractivity (Wildman–Crippen MR) is 110 cm³/mol. The monoisotopic (exact) mass is 376 g/mol. The van der Waals surface area contributed by atoms with Gasteiger partial charge < -0.3 is 11.1 Å². The van der Waals surface area contributed by atoms with Crippen LogP contribution in [0.5, 0.6) is 0 Å². The highest BCUT2D eigenvalue weighted by Gasteiger charge is 2.15. The molecule has 27 heavy (non-hydrogen) atoms. The number of benzene rings is 3. The first-order valence-electron chi connectivity index (χ1n) is 8.27. The van der Waals surface area contributed by atoms with Gasteiger partial charge in [-0.1, -0.05) is 54.1 Å². The van der Waals surface area contributed by atoms with E-state index in [-0.39, 0.29) is 11.7 Å². The molecule has 5 heteroatoms. The van der Waals surface area contributed by atoms with Gasteiger partial charge in [0.2, 0.25) is 5.91 Å². The van der Waals surface area contributed by atoms with E-state index in [0.717, 1.165) is 5.56 Å². The van der Waals surface area contributed by atoms with Gasteiger partial charge in [0, 0.05) is 27.9 Å². The number of amides is 1. The maximum Gasteiger partial charge on any atom is 0.248 e. The normalized spacial score (nSPS) is 10.7. The number of nitrogens with one attached hydrogen (secondary N) is 1. The van der Waals surface area contributed by atoms with Crippen molar-refractivity contribution in [2.45, 2.75) is 0 Å². The maximum absolute atomic E-state index is 12.8. The lowest BCUT2D eigenvalue weighted by atomic mass is 10.0. The maximum atomic E-state index is 12.8. The SMILES string of the molecule is Nc1ccc(NC(=O)/C=C/c2ccc(Cl)cc2)c(C(=O)c2ccccc2)c1. The van der Waals surface area contributed by atoms with Crippen LogP contribution in [0.4, 0.5) is 11.4 Å². The molecule has 3 rings (SSSR count). The molecule has 0 saturated carbocycles. The average molecular weight is 377 g/mol. The second kappa shape index (κ2) is 8.34. The molecule has 0 spiro atoms. The minimum Gasteiger partial charge on any atom is -0.399 e. The number of carbonyl (C=O) groups is 2. The topological polar surface area (TPSA) is 72.2 Å². The summed E-state index contributed by atoms with van der Waals surface area (Å²) in [7, 11) is 0. The van der Waals surface area contributed by atoms with Crippen molar-refractivity contribution >= 4 is 40.7 Å². The van der Waals surface area contributed by atoms with E-state index in [1.807, 2.05) is 6.07 Å². The smallest absolute Gasteiger partial charge is 0.248 e. The Balaban J connectivity index is 1.81. The van der Waals surface area contributed by atoms with Gasteiger partial charge in [-0.2, -0.15) is 0 Å². The summed E-state index contributed by atoms with van der Waals surface area (Å²) in [4.78, 5) is 25.1. The highest BCUT2D eigenvalue weighted by molar-refractivity contribution is 6.30. The van der Waals surface area contributed by atoms with Crippen LogP contribution >= 0.6 is 11.6 Å². The number of nitrogen functional groups attached to an aromatic ring is 1. The standard InChI is InChI=1S/C22H17ClN2O2/c23-17-9-6-15(7-10-17)8-13-21(26)25-20-12-11-18(24)14-19(20)22(27)16-4-2-1-3-5-16/h1-14H,24H2,(H,25,26)/b13-8+. The van der Waals surface area contributed by atoms with Gasteiger partial charge in [0.05, 0.1) is 5.69 Å². The number of hydrogen-bond acceptors (Lipinski definition) is 3. The van der Waals surface area contributed by atoms with Crippen LogP contribution in [-0.4, -0.2) is 11.7 Å². The Morgan fingerprint density at radius 3 is 2.33 bits per heavy atom. The molecule has 1 amide bonds. The minimum atomic E-state index is -0.350. The van der Waals surface area contributed by atoms with Crippen LogP contribution in [0.15, 0.2) is 78.9 Å². The molecular weight excluding hydrogens is 360 g/mol. The molecule has 0 aliphatic heterocycles. The molecule has 3 N–H and O–H groups in total.